The molecule has 1 aliphatic carbocycles. The Hall–Kier alpha value is -1.24. The van der Waals surface area contributed by atoms with E-state index in [9.17, 15) is 0 Å². The van der Waals surface area contributed by atoms with Crippen LogP contribution in [0.2, 0.25) is 0 Å². The Morgan fingerprint density at radius 3 is 2.62 bits per heavy atom. The van der Waals surface area contributed by atoms with Crippen molar-refractivity contribution in [1.82, 2.24) is 9.97 Å². The maximum absolute atomic E-state index is 5.81. The second-order valence-corrected chi connectivity index (χ2v) is 5.94. The Bertz CT molecular complexity index is 483. The maximum atomic E-state index is 5.81. The topological polar surface area (TPSA) is 82.3 Å². The third-order valence-electron chi connectivity index (χ3n) is 4.77. The van der Waals surface area contributed by atoms with Crippen molar-refractivity contribution in [2.24, 2.45) is 5.84 Å². The molecule has 6 nitrogen and oxygen atoms in total. The monoisotopic (exact) mass is 292 g/mol. The fraction of sp³-hybridized carbons (Fsp3) is 0.733. The van der Waals surface area contributed by atoms with E-state index in [-0.39, 0.29) is 0 Å². The number of hydrogen-bond acceptors (Lipinski definition) is 6. The lowest BCUT2D eigenvalue weighted by Gasteiger charge is -2.34. The molecule has 3 N–H and O–H groups in total. The van der Waals surface area contributed by atoms with E-state index in [1.165, 1.54) is 25.7 Å². The Morgan fingerprint density at radius 2 is 2.00 bits per heavy atom. The molecular weight excluding hydrogens is 268 g/mol. The van der Waals surface area contributed by atoms with Gasteiger partial charge in [0.25, 0.3) is 0 Å². The molecule has 2 heterocycles. The van der Waals surface area contributed by atoms with Crippen molar-refractivity contribution in [2.45, 2.75) is 50.0 Å². The molecule has 116 valence electrons. The van der Waals surface area contributed by atoms with Crippen LogP contribution < -0.4 is 11.3 Å². The molecule has 0 unspecified atom stereocenters. The smallest absolute Gasteiger partial charge is 0.163 e. The molecule has 1 saturated heterocycles. The lowest BCUT2D eigenvalue weighted by molar-refractivity contribution is -0.100. The number of nitrogens with two attached hydrogens (primary N) is 1. The van der Waals surface area contributed by atoms with Gasteiger partial charge in [0.05, 0.1) is 0 Å². The third-order valence-corrected chi connectivity index (χ3v) is 4.77. The summed E-state index contributed by atoms with van der Waals surface area (Å²) in [7, 11) is 1.73. The van der Waals surface area contributed by atoms with Gasteiger partial charge in [-0.05, 0) is 12.8 Å². The van der Waals surface area contributed by atoms with E-state index in [1.807, 2.05) is 6.07 Å². The van der Waals surface area contributed by atoms with Gasteiger partial charge in [0.1, 0.15) is 11.4 Å². The molecule has 2 fully saturated rings. The highest BCUT2D eigenvalue weighted by atomic mass is 16.5. The fourth-order valence-corrected chi connectivity index (χ4v) is 3.39. The normalized spacial score (nSPS) is 22.4. The quantitative estimate of drug-likeness (QED) is 0.653. The SMILES string of the molecule is COC1(c2nc(NN)cc(C3CCCC3)n2)CCOCC1. The minimum absolute atomic E-state index is 0.446. The molecule has 2 aliphatic rings. The van der Waals surface area contributed by atoms with Crippen LogP contribution in [0.15, 0.2) is 6.07 Å². The standard InChI is InChI=1S/C15H24N4O2/c1-20-15(6-8-21-9-7-15)14-17-12(10-13(18-14)19-16)11-4-2-3-5-11/h10-11H,2-9,16H2,1H3,(H,17,18,19). The van der Waals surface area contributed by atoms with Crippen molar-refractivity contribution >= 4 is 5.82 Å². The molecular formula is C15H24N4O2. The van der Waals surface area contributed by atoms with Crippen LogP contribution in [0.5, 0.6) is 0 Å². The summed E-state index contributed by atoms with van der Waals surface area (Å²) < 4.78 is 11.3. The number of rotatable bonds is 4. The van der Waals surface area contributed by atoms with Gasteiger partial charge in [-0.15, -0.1) is 0 Å². The van der Waals surface area contributed by atoms with Crippen LogP contribution >= 0.6 is 0 Å². The van der Waals surface area contributed by atoms with Gasteiger partial charge < -0.3 is 14.9 Å². The summed E-state index contributed by atoms with van der Waals surface area (Å²) in [6, 6.07) is 1.97. The van der Waals surface area contributed by atoms with Crippen molar-refractivity contribution in [3.63, 3.8) is 0 Å². The Labute approximate surface area is 125 Å². The molecule has 0 radical (unpaired) electrons. The highest BCUT2D eigenvalue weighted by molar-refractivity contribution is 5.37. The number of methoxy groups -OCH3 is 1. The lowest BCUT2D eigenvalue weighted by Crippen LogP contribution is -2.38. The van der Waals surface area contributed by atoms with Gasteiger partial charge in [-0.2, -0.15) is 0 Å². The highest BCUT2D eigenvalue weighted by Gasteiger charge is 2.38. The maximum Gasteiger partial charge on any atom is 0.163 e. The van der Waals surface area contributed by atoms with Gasteiger partial charge >= 0.3 is 0 Å². The fourth-order valence-electron chi connectivity index (χ4n) is 3.39. The highest BCUT2D eigenvalue weighted by Crippen LogP contribution is 2.37. The lowest BCUT2D eigenvalue weighted by atomic mass is 9.92. The van der Waals surface area contributed by atoms with Crippen molar-refractivity contribution in [3.8, 4) is 0 Å². The van der Waals surface area contributed by atoms with Crippen LogP contribution in [0.4, 0.5) is 5.82 Å². The minimum Gasteiger partial charge on any atom is -0.381 e. The van der Waals surface area contributed by atoms with Crippen LogP contribution in [0, 0.1) is 0 Å². The second-order valence-electron chi connectivity index (χ2n) is 5.94. The van der Waals surface area contributed by atoms with E-state index in [4.69, 9.17) is 20.3 Å². The van der Waals surface area contributed by atoms with Crippen LogP contribution in [-0.2, 0) is 15.1 Å². The first-order valence-corrected chi connectivity index (χ1v) is 7.76. The molecule has 0 bridgehead atoms. The predicted octanol–water partition coefficient (Wildman–Crippen LogP) is 2.07. The molecule has 6 heteroatoms. The molecule has 0 spiro atoms. The summed E-state index contributed by atoms with van der Waals surface area (Å²) >= 11 is 0. The zero-order valence-electron chi connectivity index (χ0n) is 12.6. The number of hydrogen-bond donors (Lipinski definition) is 2. The first-order chi connectivity index (χ1) is 10.3. The van der Waals surface area contributed by atoms with Crippen LogP contribution in [0.1, 0.15) is 56.0 Å². The average molecular weight is 292 g/mol. The van der Waals surface area contributed by atoms with Gasteiger partial charge in [0.15, 0.2) is 5.82 Å². The Balaban J connectivity index is 1.97. The van der Waals surface area contributed by atoms with Crippen molar-refractivity contribution in [3.05, 3.63) is 17.6 Å². The zero-order valence-corrected chi connectivity index (χ0v) is 12.6. The van der Waals surface area contributed by atoms with E-state index < -0.39 is 5.60 Å². The zero-order chi connectivity index (χ0) is 14.7. The van der Waals surface area contributed by atoms with Gasteiger partial charge in [0, 0.05) is 50.8 Å². The Morgan fingerprint density at radius 1 is 1.29 bits per heavy atom. The first-order valence-electron chi connectivity index (χ1n) is 7.76. The molecule has 0 amide bonds. The molecule has 1 saturated carbocycles. The average Bonchev–Trinajstić information content (AvgIpc) is 3.09. The van der Waals surface area contributed by atoms with Crippen molar-refractivity contribution < 1.29 is 9.47 Å². The summed E-state index contributed by atoms with van der Waals surface area (Å²) in [6.45, 7) is 1.35. The van der Waals surface area contributed by atoms with Gasteiger partial charge in [0.2, 0.25) is 0 Å². The third kappa shape index (κ3) is 2.88. The Kier molecular flexibility index (Phi) is 4.37. The summed E-state index contributed by atoms with van der Waals surface area (Å²) in [5.41, 5.74) is 3.32. The van der Waals surface area contributed by atoms with E-state index >= 15 is 0 Å². The molecule has 1 aromatic rings. The van der Waals surface area contributed by atoms with E-state index in [2.05, 4.69) is 10.4 Å². The number of nitrogen functional groups attached to an aromatic ring is 1. The molecule has 1 aromatic heterocycles. The molecule has 0 aromatic carbocycles. The number of nitrogens with one attached hydrogen (secondary N) is 1. The van der Waals surface area contributed by atoms with E-state index in [1.54, 1.807) is 7.11 Å². The first kappa shape index (κ1) is 14.7. The molecule has 1 aliphatic heterocycles. The number of hydrazine groups is 1. The summed E-state index contributed by atoms with van der Waals surface area (Å²) in [5.74, 6) is 7.53. The molecule has 3 rings (SSSR count). The summed E-state index contributed by atoms with van der Waals surface area (Å²) in [4.78, 5) is 9.41. The van der Waals surface area contributed by atoms with Crippen LogP contribution in [0.25, 0.3) is 0 Å². The van der Waals surface area contributed by atoms with Crippen LogP contribution in [-0.4, -0.2) is 30.3 Å². The van der Waals surface area contributed by atoms with Gasteiger partial charge in [-0.25, -0.2) is 15.8 Å². The van der Waals surface area contributed by atoms with Gasteiger partial charge in [-0.3, -0.25) is 0 Å². The van der Waals surface area contributed by atoms with Crippen LogP contribution in [0.3, 0.4) is 0 Å². The second kappa shape index (κ2) is 6.25. The summed E-state index contributed by atoms with van der Waals surface area (Å²) in [5, 5.41) is 0. The number of ether oxygens (including phenoxy) is 2. The van der Waals surface area contributed by atoms with Crippen molar-refractivity contribution in [1.29, 1.82) is 0 Å². The van der Waals surface area contributed by atoms with E-state index in [0.717, 1.165) is 24.4 Å². The number of nitrogens with zero attached hydrogens (tertiary/aromatic N) is 2. The summed E-state index contributed by atoms with van der Waals surface area (Å²) in [6.07, 6.45) is 6.51. The number of aromatic nitrogens is 2. The minimum atomic E-state index is -0.446. The van der Waals surface area contributed by atoms with Gasteiger partial charge in [-0.1, -0.05) is 12.8 Å². The number of anilines is 1. The predicted molar refractivity (Wildman–Crippen MR) is 79.8 cm³/mol. The van der Waals surface area contributed by atoms with Crippen molar-refractivity contribution in [2.75, 3.05) is 25.7 Å². The largest absolute Gasteiger partial charge is 0.381 e. The molecule has 0 atom stereocenters. The van der Waals surface area contributed by atoms with E-state index in [0.29, 0.717) is 24.9 Å². The molecule has 21 heavy (non-hydrogen) atoms.